The summed E-state index contributed by atoms with van der Waals surface area (Å²) in [6.07, 6.45) is 6.52. The van der Waals surface area contributed by atoms with Crippen LogP contribution in [-0.2, 0) is 9.59 Å². The van der Waals surface area contributed by atoms with Crippen LogP contribution in [0.15, 0.2) is 0 Å². The smallest absolute Gasteiger partial charge is 0.136 e. The Balaban J connectivity index is 1.89. The molecule has 0 saturated heterocycles. The third-order valence-corrected chi connectivity index (χ3v) is 3.43. The van der Waals surface area contributed by atoms with Crippen molar-refractivity contribution in [2.75, 3.05) is 0 Å². The van der Waals surface area contributed by atoms with E-state index in [0.29, 0.717) is 11.6 Å². The molecule has 0 N–H and O–H groups in total. The molecule has 0 amide bonds. The van der Waals surface area contributed by atoms with Gasteiger partial charge in [0.25, 0.3) is 0 Å². The number of hydrogen-bond donors (Lipinski definition) is 0. The number of carbonyl (C=O) groups excluding carboxylic acids is 2. The van der Waals surface area contributed by atoms with Gasteiger partial charge in [-0.25, -0.2) is 0 Å². The van der Waals surface area contributed by atoms with Crippen LogP contribution < -0.4 is 0 Å². The fourth-order valence-electron chi connectivity index (χ4n) is 2.62. The van der Waals surface area contributed by atoms with Crippen molar-refractivity contribution < 1.29 is 9.59 Å². The second-order valence-corrected chi connectivity index (χ2v) is 4.35. The zero-order valence-corrected chi connectivity index (χ0v) is 7.92. The quantitative estimate of drug-likeness (QED) is 0.652. The molecule has 2 heteroatoms. The molecule has 2 saturated carbocycles. The number of carbonyl (C=O) groups is 2. The van der Waals surface area contributed by atoms with Gasteiger partial charge in [0.05, 0.1) is 0 Å². The van der Waals surface area contributed by atoms with Crippen LogP contribution in [0.3, 0.4) is 0 Å². The maximum Gasteiger partial charge on any atom is 0.136 e. The number of ketones is 2. The first kappa shape index (κ1) is 8.92. The summed E-state index contributed by atoms with van der Waals surface area (Å²) in [4.78, 5) is 22.7. The molecule has 0 aromatic rings. The Labute approximate surface area is 78.7 Å². The van der Waals surface area contributed by atoms with Crippen molar-refractivity contribution >= 4 is 11.6 Å². The third-order valence-electron chi connectivity index (χ3n) is 3.43. The molecule has 0 spiro atoms. The Hall–Kier alpha value is -0.660. The average molecular weight is 180 g/mol. The van der Waals surface area contributed by atoms with Crippen LogP contribution in [0.2, 0.25) is 0 Å². The summed E-state index contributed by atoms with van der Waals surface area (Å²) in [5.41, 5.74) is 0. The first-order valence-electron chi connectivity index (χ1n) is 5.33. The third kappa shape index (κ3) is 1.82. The fraction of sp³-hybridized carbons (Fsp3) is 0.818. The summed E-state index contributed by atoms with van der Waals surface area (Å²) in [6, 6.07) is 0. The normalized spacial score (nSPS) is 34.5. The monoisotopic (exact) mass is 180 g/mol. The zero-order chi connectivity index (χ0) is 9.26. The molecule has 0 heterocycles. The van der Waals surface area contributed by atoms with Gasteiger partial charge in [0.2, 0.25) is 0 Å². The highest BCUT2D eigenvalue weighted by molar-refractivity contribution is 5.86. The largest absolute Gasteiger partial charge is 0.299 e. The summed E-state index contributed by atoms with van der Waals surface area (Å²) in [7, 11) is 0. The summed E-state index contributed by atoms with van der Waals surface area (Å²) in [5, 5.41) is 0. The number of rotatable bonds is 2. The summed E-state index contributed by atoms with van der Waals surface area (Å²) in [5.74, 6) is 1.26. The Morgan fingerprint density at radius 2 is 1.38 bits per heavy atom. The predicted molar refractivity (Wildman–Crippen MR) is 49.3 cm³/mol. The van der Waals surface area contributed by atoms with Crippen molar-refractivity contribution in [1.82, 2.24) is 0 Å². The molecule has 13 heavy (non-hydrogen) atoms. The molecule has 2 atom stereocenters. The molecule has 0 unspecified atom stereocenters. The van der Waals surface area contributed by atoms with E-state index in [0.717, 1.165) is 44.9 Å². The molecule has 0 bridgehead atoms. The van der Waals surface area contributed by atoms with E-state index in [1.807, 2.05) is 0 Å². The molecule has 72 valence electrons. The van der Waals surface area contributed by atoms with E-state index in [1.54, 1.807) is 0 Å². The van der Waals surface area contributed by atoms with E-state index in [4.69, 9.17) is 0 Å². The van der Waals surface area contributed by atoms with E-state index in [2.05, 4.69) is 0 Å². The van der Waals surface area contributed by atoms with E-state index >= 15 is 0 Å². The van der Waals surface area contributed by atoms with Crippen molar-refractivity contribution in [3.8, 4) is 0 Å². The Bertz CT molecular complexity index is 208. The van der Waals surface area contributed by atoms with Gasteiger partial charge in [-0.3, -0.25) is 9.59 Å². The van der Waals surface area contributed by atoms with Crippen LogP contribution in [-0.4, -0.2) is 11.6 Å². The molecule has 2 nitrogen and oxygen atoms in total. The summed E-state index contributed by atoms with van der Waals surface area (Å²) < 4.78 is 0. The molecule has 0 aromatic carbocycles. The van der Waals surface area contributed by atoms with Crippen LogP contribution >= 0.6 is 0 Å². The van der Waals surface area contributed by atoms with Gasteiger partial charge in [-0.1, -0.05) is 0 Å². The van der Waals surface area contributed by atoms with Crippen molar-refractivity contribution in [2.45, 2.75) is 44.9 Å². The first-order chi connectivity index (χ1) is 6.27. The molecule has 2 aliphatic rings. The van der Waals surface area contributed by atoms with Crippen molar-refractivity contribution in [1.29, 1.82) is 0 Å². The molecule has 2 aliphatic carbocycles. The maximum absolute atomic E-state index is 11.4. The van der Waals surface area contributed by atoms with E-state index in [-0.39, 0.29) is 11.8 Å². The predicted octanol–water partition coefficient (Wildman–Crippen LogP) is 2.11. The average Bonchev–Trinajstić information content (AvgIpc) is 2.65. The van der Waals surface area contributed by atoms with Crippen molar-refractivity contribution in [3.63, 3.8) is 0 Å². The van der Waals surface area contributed by atoms with Gasteiger partial charge in [-0.2, -0.15) is 0 Å². The highest BCUT2D eigenvalue weighted by Gasteiger charge is 2.32. The van der Waals surface area contributed by atoms with Crippen LogP contribution in [0, 0.1) is 11.8 Å². The van der Waals surface area contributed by atoms with Gasteiger partial charge in [0, 0.05) is 24.7 Å². The molecule has 0 radical (unpaired) electrons. The van der Waals surface area contributed by atoms with Gasteiger partial charge >= 0.3 is 0 Å². The summed E-state index contributed by atoms with van der Waals surface area (Å²) >= 11 is 0. The highest BCUT2D eigenvalue weighted by Crippen LogP contribution is 2.33. The molecular formula is C11H16O2. The topological polar surface area (TPSA) is 34.1 Å². The standard InChI is InChI=1S/C11H16O2/c12-10-5-1-3-8(10)7-9-4-2-6-11(9)13/h8-9H,1-7H2/t8-,9-/m0/s1. The second kappa shape index (κ2) is 3.60. The molecular weight excluding hydrogens is 164 g/mol. The number of Topliss-reactive ketones (excluding diaryl/α,β-unsaturated/α-hetero) is 2. The lowest BCUT2D eigenvalue weighted by Gasteiger charge is -2.12. The second-order valence-electron chi connectivity index (χ2n) is 4.35. The van der Waals surface area contributed by atoms with E-state index < -0.39 is 0 Å². The Morgan fingerprint density at radius 3 is 1.69 bits per heavy atom. The van der Waals surface area contributed by atoms with Gasteiger partial charge in [-0.15, -0.1) is 0 Å². The van der Waals surface area contributed by atoms with Gasteiger partial charge in [0.15, 0.2) is 0 Å². The fourth-order valence-corrected chi connectivity index (χ4v) is 2.62. The molecule has 2 rings (SSSR count). The Morgan fingerprint density at radius 1 is 0.923 bits per heavy atom. The molecule has 2 fully saturated rings. The minimum absolute atomic E-state index is 0.229. The lowest BCUT2D eigenvalue weighted by molar-refractivity contribution is -0.123. The van der Waals surface area contributed by atoms with Crippen LogP contribution in [0.5, 0.6) is 0 Å². The van der Waals surface area contributed by atoms with Crippen LogP contribution in [0.25, 0.3) is 0 Å². The number of hydrogen-bond acceptors (Lipinski definition) is 2. The minimum Gasteiger partial charge on any atom is -0.299 e. The van der Waals surface area contributed by atoms with Gasteiger partial charge in [-0.05, 0) is 32.1 Å². The van der Waals surface area contributed by atoms with Crippen LogP contribution in [0.4, 0.5) is 0 Å². The molecule has 0 aromatic heterocycles. The van der Waals surface area contributed by atoms with E-state index in [9.17, 15) is 9.59 Å². The SMILES string of the molecule is O=C1CCC[C@H]1C[C@@H]1CCCC1=O. The highest BCUT2D eigenvalue weighted by atomic mass is 16.1. The van der Waals surface area contributed by atoms with Gasteiger partial charge < -0.3 is 0 Å². The van der Waals surface area contributed by atoms with Gasteiger partial charge in [0.1, 0.15) is 11.6 Å². The lowest BCUT2D eigenvalue weighted by Crippen LogP contribution is -2.15. The van der Waals surface area contributed by atoms with Crippen molar-refractivity contribution in [3.05, 3.63) is 0 Å². The first-order valence-corrected chi connectivity index (χ1v) is 5.33. The minimum atomic E-state index is 0.229. The molecule has 0 aliphatic heterocycles. The zero-order valence-electron chi connectivity index (χ0n) is 7.92. The van der Waals surface area contributed by atoms with Crippen molar-refractivity contribution in [2.24, 2.45) is 11.8 Å². The van der Waals surface area contributed by atoms with Crippen LogP contribution in [0.1, 0.15) is 44.9 Å². The maximum atomic E-state index is 11.4. The Kier molecular flexibility index (Phi) is 2.47. The lowest BCUT2D eigenvalue weighted by atomic mass is 9.91. The van der Waals surface area contributed by atoms with E-state index in [1.165, 1.54) is 0 Å². The summed E-state index contributed by atoms with van der Waals surface area (Å²) in [6.45, 7) is 0.